The van der Waals surface area contributed by atoms with Crippen molar-refractivity contribution in [3.8, 4) is 0 Å². The van der Waals surface area contributed by atoms with Gasteiger partial charge in [-0.25, -0.2) is 0 Å². The van der Waals surface area contributed by atoms with Crippen molar-refractivity contribution in [2.45, 2.75) is 6.42 Å². The molecule has 3 nitrogen and oxygen atoms in total. The molecule has 0 aliphatic carbocycles. The summed E-state index contributed by atoms with van der Waals surface area (Å²) in [6, 6.07) is 0. The highest BCUT2D eigenvalue weighted by atomic mass is 16.5. The third-order valence-corrected chi connectivity index (χ3v) is 1.77. The van der Waals surface area contributed by atoms with E-state index in [0.29, 0.717) is 13.2 Å². The summed E-state index contributed by atoms with van der Waals surface area (Å²) in [5.74, 6) is 0. The first-order chi connectivity index (χ1) is 6.85. The Kier molecular flexibility index (Phi) is 9.96. The summed E-state index contributed by atoms with van der Waals surface area (Å²) < 4.78 is 5.16. The lowest BCUT2D eigenvalue weighted by Gasteiger charge is -2.18. The molecule has 0 aliphatic heterocycles. The molecule has 0 unspecified atom stereocenters. The van der Waals surface area contributed by atoms with E-state index in [1.807, 2.05) is 12.2 Å². The van der Waals surface area contributed by atoms with Crippen LogP contribution in [-0.4, -0.2) is 49.5 Å². The Morgan fingerprint density at radius 2 is 1.79 bits per heavy atom. The maximum absolute atomic E-state index is 8.48. The Bertz CT molecular complexity index is 138. The standard InChI is InChI=1S/C11H21NO2/c1-3-6-12(7-4-2)8-5-10-14-11-9-13/h3-4,13H,1-2,5-11H2. The van der Waals surface area contributed by atoms with Gasteiger partial charge < -0.3 is 9.84 Å². The normalized spacial score (nSPS) is 10.4. The lowest BCUT2D eigenvalue weighted by molar-refractivity contribution is 0.0860. The fraction of sp³-hybridized carbons (Fsp3) is 0.636. The molecule has 0 bridgehead atoms. The number of aliphatic hydroxyl groups excluding tert-OH is 1. The predicted molar refractivity (Wildman–Crippen MR) is 59.4 cm³/mol. The molecule has 0 aromatic rings. The number of hydrogen-bond acceptors (Lipinski definition) is 3. The van der Waals surface area contributed by atoms with Crippen LogP contribution in [0.15, 0.2) is 25.3 Å². The van der Waals surface area contributed by atoms with Crippen molar-refractivity contribution in [1.29, 1.82) is 0 Å². The number of aliphatic hydroxyl groups is 1. The van der Waals surface area contributed by atoms with Gasteiger partial charge in [0.25, 0.3) is 0 Å². The molecule has 14 heavy (non-hydrogen) atoms. The average Bonchev–Trinajstić information content (AvgIpc) is 2.18. The molecule has 3 heteroatoms. The van der Waals surface area contributed by atoms with Gasteiger partial charge >= 0.3 is 0 Å². The summed E-state index contributed by atoms with van der Waals surface area (Å²) in [6.45, 7) is 11.4. The molecule has 0 rings (SSSR count). The molecule has 0 spiro atoms. The Morgan fingerprint density at radius 3 is 2.29 bits per heavy atom. The Morgan fingerprint density at radius 1 is 1.14 bits per heavy atom. The number of ether oxygens (including phenoxy) is 1. The summed E-state index contributed by atoms with van der Waals surface area (Å²) >= 11 is 0. The van der Waals surface area contributed by atoms with Gasteiger partial charge in [-0.2, -0.15) is 0 Å². The maximum atomic E-state index is 8.48. The molecule has 0 fully saturated rings. The molecule has 0 radical (unpaired) electrons. The van der Waals surface area contributed by atoms with E-state index in [4.69, 9.17) is 9.84 Å². The predicted octanol–water partition coefficient (Wildman–Crippen LogP) is 1.06. The topological polar surface area (TPSA) is 32.7 Å². The minimum absolute atomic E-state index is 0.100. The molecular weight excluding hydrogens is 178 g/mol. The third kappa shape index (κ3) is 7.98. The van der Waals surface area contributed by atoms with Gasteiger partial charge in [-0.15, -0.1) is 13.2 Å². The SMILES string of the molecule is C=CCN(CC=C)CCCOCCO. The van der Waals surface area contributed by atoms with Gasteiger partial charge in [0.2, 0.25) is 0 Å². The number of hydrogen-bond donors (Lipinski definition) is 1. The smallest absolute Gasteiger partial charge is 0.0697 e. The van der Waals surface area contributed by atoms with E-state index >= 15 is 0 Å². The average molecular weight is 199 g/mol. The van der Waals surface area contributed by atoms with Crippen LogP contribution in [0.3, 0.4) is 0 Å². The second-order valence-corrected chi connectivity index (χ2v) is 3.03. The van der Waals surface area contributed by atoms with Crippen LogP contribution in [0, 0.1) is 0 Å². The van der Waals surface area contributed by atoms with Crippen molar-refractivity contribution < 1.29 is 9.84 Å². The first-order valence-electron chi connectivity index (χ1n) is 4.98. The monoisotopic (exact) mass is 199 g/mol. The molecule has 82 valence electrons. The molecule has 0 aromatic heterocycles. The van der Waals surface area contributed by atoms with Crippen molar-refractivity contribution in [2.75, 3.05) is 39.5 Å². The van der Waals surface area contributed by atoms with Crippen molar-refractivity contribution in [3.63, 3.8) is 0 Å². The first kappa shape index (κ1) is 13.4. The summed E-state index contributed by atoms with van der Waals surface area (Å²) in [6.07, 6.45) is 4.75. The highest BCUT2D eigenvalue weighted by molar-refractivity contribution is 4.79. The molecule has 0 saturated carbocycles. The maximum Gasteiger partial charge on any atom is 0.0697 e. The Hall–Kier alpha value is -0.640. The molecule has 0 aromatic carbocycles. The van der Waals surface area contributed by atoms with E-state index < -0.39 is 0 Å². The number of rotatable bonds is 10. The van der Waals surface area contributed by atoms with Gasteiger partial charge in [-0.3, -0.25) is 4.90 Å². The Labute approximate surface area is 86.7 Å². The van der Waals surface area contributed by atoms with Gasteiger partial charge in [-0.05, 0) is 6.42 Å². The second-order valence-electron chi connectivity index (χ2n) is 3.03. The fourth-order valence-corrected chi connectivity index (χ4v) is 1.18. The molecule has 0 atom stereocenters. The molecule has 1 N–H and O–H groups in total. The van der Waals surface area contributed by atoms with Crippen LogP contribution in [0.5, 0.6) is 0 Å². The summed E-state index contributed by atoms with van der Waals surface area (Å²) in [4.78, 5) is 2.24. The highest BCUT2D eigenvalue weighted by Gasteiger charge is 1.99. The van der Waals surface area contributed by atoms with Gasteiger partial charge in [0.1, 0.15) is 0 Å². The molecule has 0 heterocycles. The van der Waals surface area contributed by atoms with E-state index in [2.05, 4.69) is 18.1 Å². The minimum atomic E-state index is 0.100. The van der Waals surface area contributed by atoms with Crippen LogP contribution < -0.4 is 0 Å². The Balaban J connectivity index is 3.39. The van der Waals surface area contributed by atoms with E-state index in [1.54, 1.807) is 0 Å². The van der Waals surface area contributed by atoms with Crippen LogP contribution in [0.25, 0.3) is 0 Å². The molecule has 0 amide bonds. The summed E-state index contributed by atoms with van der Waals surface area (Å²) in [5.41, 5.74) is 0. The van der Waals surface area contributed by atoms with Gasteiger partial charge in [0.15, 0.2) is 0 Å². The van der Waals surface area contributed by atoms with E-state index in [-0.39, 0.29) is 6.61 Å². The zero-order valence-electron chi connectivity index (χ0n) is 8.82. The summed E-state index contributed by atoms with van der Waals surface area (Å²) in [7, 11) is 0. The largest absolute Gasteiger partial charge is 0.394 e. The zero-order chi connectivity index (χ0) is 10.6. The van der Waals surface area contributed by atoms with Crippen LogP contribution >= 0.6 is 0 Å². The fourth-order valence-electron chi connectivity index (χ4n) is 1.18. The van der Waals surface area contributed by atoms with E-state index in [9.17, 15) is 0 Å². The lowest BCUT2D eigenvalue weighted by Crippen LogP contribution is -2.26. The van der Waals surface area contributed by atoms with Crippen LogP contribution in [0.4, 0.5) is 0 Å². The second kappa shape index (κ2) is 10.4. The van der Waals surface area contributed by atoms with E-state index in [0.717, 1.165) is 26.1 Å². The van der Waals surface area contributed by atoms with E-state index in [1.165, 1.54) is 0 Å². The van der Waals surface area contributed by atoms with Crippen LogP contribution in [0.2, 0.25) is 0 Å². The van der Waals surface area contributed by atoms with Gasteiger partial charge in [0, 0.05) is 26.2 Å². The summed E-state index contributed by atoms with van der Waals surface area (Å²) in [5, 5.41) is 8.48. The molecule has 0 aliphatic rings. The number of nitrogens with zero attached hydrogens (tertiary/aromatic N) is 1. The highest BCUT2D eigenvalue weighted by Crippen LogP contribution is 1.93. The molecular formula is C11H21NO2. The van der Waals surface area contributed by atoms with Crippen molar-refractivity contribution in [2.24, 2.45) is 0 Å². The minimum Gasteiger partial charge on any atom is -0.394 e. The van der Waals surface area contributed by atoms with Crippen molar-refractivity contribution >= 4 is 0 Å². The zero-order valence-corrected chi connectivity index (χ0v) is 8.82. The van der Waals surface area contributed by atoms with Crippen molar-refractivity contribution in [3.05, 3.63) is 25.3 Å². The third-order valence-electron chi connectivity index (χ3n) is 1.77. The van der Waals surface area contributed by atoms with Crippen molar-refractivity contribution in [1.82, 2.24) is 4.90 Å². The van der Waals surface area contributed by atoms with Crippen LogP contribution in [-0.2, 0) is 4.74 Å². The lowest BCUT2D eigenvalue weighted by atomic mass is 10.3. The first-order valence-corrected chi connectivity index (χ1v) is 4.98. The quantitative estimate of drug-likeness (QED) is 0.422. The van der Waals surface area contributed by atoms with Gasteiger partial charge in [0.05, 0.1) is 13.2 Å². The molecule has 0 saturated heterocycles. The van der Waals surface area contributed by atoms with Crippen LogP contribution in [0.1, 0.15) is 6.42 Å². The van der Waals surface area contributed by atoms with Gasteiger partial charge in [-0.1, -0.05) is 12.2 Å².